The van der Waals surface area contributed by atoms with Gasteiger partial charge in [0.2, 0.25) is 0 Å². The van der Waals surface area contributed by atoms with Crippen LogP contribution in [0.3, 0.4) is 0 Å². The molecule has 0 saturated carbocycles. The molecule has 0 saturated heterocycles. The molecule has 0 N–H and O–H groups in total. The predicted octanol–water partition coefficient (Wildman–Crippen LogP) is 18.2. The van der Waals surface area contributed by atoms with E-state index in [1.807, 2.05) is 0 Å². The fourth-order valence-electron chi connectivity index (χ4n) is 14.2. The van der Waals surface area contributed by atoms with Crippen molar-refractivity contribution in [3.05, 3.63) is 311 Å². The van der Waals surface area contributed by atoms with E-state index in [1.165, 1.54) is 173 Å². The number of benzene rings is 16. The minimum Gasteiger partial charge on any atom is -0.0722 e. The van der Waals surface area contributed by atoms with E-state index in [4.69, 9.17) is 0 Å². The normalized spacial score (nSPS) is 13.2. The van der Waals surface area contributed by atoms with Gasteiger partial charge in [-0.05, 0) is 228 Å². The second-order valence-corrected chi connectivity index (χ2v) is 22.1. The summed E-state index contributed by atoms with van der Waals surface area (Å²) in [6.07, 6.45) is 4.25. The predicted molar refractivity (Wildman–Crippen MR) is 345 cm³/mol. The number of hydrogen-bond acceptors (Lipinski definition) is 0. The first-order chi connectivity index (χ1) is 39.7. The van der Waals surface area contributed by atoms with Crippen molar-refractivity contribution in [1.82, 2.24) is 0 Å². The second-order valence-electron chi connectivity index (χ2n) is 22.1. The highest BCUT2D eigenvalue weighted by Gasteiger charge is 2.21. The largest absolute Gasteiger partial charge is 0.0722 e. The van der Waals surface area contributed by atoms with Crippen molar-refractivity contribution in [1.29, 1.82) is 0 Å². The molecule has 0 nitrogen and oxygen atoms in total. The van der Waals surface area contributed by atoms with Gasteiger partial charge < -0.3 is 0 Å². The summed E-state index contributed by atoms with van der Waals surface area (Å²) < 4.78 is 0. The van der Waals surface area contributed by atoms with Crippen molar-refractivity contribution in [3.8, 4) is 0 Å². The third kappa shape index (κ3) is 6.89. The van der Waals surface area contributed by atoms with Gasteiger partial charge in [0.1, 0.15) is 0 Å². The fourth-order valence-corrected chi connectivity index (χ4v) is 14.2. The summed E-state index contributed by atoms with van der Waals surface area (Å²) in [6.45, 7) is 0. The van der Waals surface area contributed by atoms with Crippen LogP contribution >= 0.6 is 0 Å². The molecule has 370 valence electrons. The van der Waals surface area contributed by atoms with Gasteiger partial charge in [0.05, 0.1) is 0 Å². The molecule has 0 atom stereocenters. The zero-order valence-corrected chi connectivity index (χ0v) is 44.0. The van der Waals surface area contributed by atoms with Gasteiger partial charge in [-0.3, -0.25) is 0 Å². The summed E-state index contributed by atoms with van der Waals surface area (Å²) in [5.74, 6) is 0. The second kappa shape index (κ2) is 17.7. The standard InChI is InChI=1S/C49H30.C31H20/c1-2-12-31-26-49-45(33-22-24-43-39-18-6-4-14-35(39)37-16-8-10-20-41(37)47(43)28-33)29-44(48(49)25-30(31)11-1)32-21-23-42-38-17-5-3-13-34(38)36-15-7-9-19-40(36)46(42)27-32;1-2-8-21-18-30-22(17-20(21)7-1)13-15-24(30)23-14-16-29-27-11-4-3-9-25(27)26-10-5-6-12-28(26)31(29)19-23/h1-28H,29H2;1-14,16-19H,15H2. The van der Waals surface area contributed by atoms with Gasteiger partial charge in [-0.15, -0.1) is 0 Å². The lowest BCUT2D eigenvalue weighted by atomic mass is 9.89. The lowest BCUT2D eigenvalue weighted by Crippen LogP contribution is -2.24. The zero-order valence-electron chi connectivity index (χ0n) is 44.0. The van der Waals surface area contributed by atoms with Crippen LogP contribution in [0.15, 0.2) is 273 Å². The molecule has 0 amide bonds. The van der Waals surface area contributed by atoms with Gasteiger partial charge in [-0.25, -0.2) is 0 Å². The first-order valence-corrected chi connectivity index (χ1v) is 28.1. The Bertz CT molecular complexity index is 5340. The summed E-state index contributed by atoms with van der Waals surface area (Å²) in [6, 6.07) is 102. The molecule has 18 rings (SSSR count). The highest BCUT2D eigenvalue weighted by Crippen LogP contribution is 2.41. The molecule has 2 aliphatic rings. The third-order valence-corrected chi connectivity index (χ3v) is 17.9. The molecule has 2 aliphatic carbocycles. The molecule has 0 bridgehead atoms. The van der Waals surface area contributed by atoms with Crippen LogP contribution in [0.1, 0.15) is 29.5 Å². The van der Waals surface area contributed by atoms with Crippen molar-refractivity contribution in [2.75, 3.05) is 0 Å². The first kappa shape index (κ1) is 44.9. The molecule has 16 aromatic carbocycles. The van der Waals surface area contributed by atoms with Crippen LogP contribution in [0.25, 0.3) is 141 Å². The molecule has 16 aromatic rings. The summed E-state index contributed by atoms with van der Waals surface area (Å²) in [7, 11) is 0. The Morgan fingerprint density at radius 1 is 0.188 bits per heavy atom. The van der Waals surface area contributed by atoms with Crippen molar-refractivity contribution < 1.29 is 0 Å². The fraction of sp³-hybridized carbons (Fsp3) is 0.0250. The van der Waals surface area contributed by atoms with Crippen LogP contribution in [0, 0.1) is 0 Å². The van der Waals surface area contributed by atoms with E-state index in [0.717, 1.165) is 12.8 Å². The molecule has 0 unspecified atom stereocenters. The van der Waals surface area contributed by atoms with E-state index < -0.39 is 0 Å². The Hall–Kier alpha value is -10.1. The maximum atomic E-state index is 2.46. The molecule has 0 aromatic heterocycles. The number of hydrogen-bond donors (Lipinski definition) is 0. The summed E-state index contributed by atoms with van der Waals surface area (Å²) in [5.41, 5.74) is 8.17. The van der Waals surface area contributed by atoms with E-state index in [9.17, 15) is 0 Å². The molecule has 0 spiro atoms. The maximum Gasteiger partial charge on any atom is -0.000154 e. The minimum atomic E-state index is 0.889. The Balaban J connectivity index is 0.000000142. The summed E-state index contributed by atoms with van der Waals surface area (Å²) in [4.78, 5) is 0. The van der Waals surface area contributed by atoms with E-state index in [2.05, 4.69) is 279 Å². The molecule has 0 radical (unpaired) electrons. The molecule has 0 aliphatic heterocycles. The number of fused-ring (bicyclic) bond motifs is 22. The first-order valence-electron chi connectivity index (χ1n) is 28.1. The van der Waals surface area contributed by atoms with Gasteiger partial charge in [0.15, 0.2) is 0 Å². The summed E-state index contributed by atoms with van der Waals surface area (Å²) >= 11 is 0. The lowest BCUT2D eigenvalue weighted by molar-refractivity contribution is 1.42. The molecular formula is C80H50. The molecule has 0 fully saturated rings. The highest BCUT2D eigenvalue weighted by molar-refractivity contribution is 6.28. The third-order valence-electron chi connectivity index (χ3n) is 17.9. The van der Waals surface area contributed by atoms with E-state index >= 15 is 0 Å². The Kier molecular flexibility index (Phi) is 9.94. The van der Waals surface area contributed by atoms with Crippen LogP contribution in [0.2, 0.25) is 0 Å². The van der Waals surface area contributed by atoms with Crippen LogP contribution < -0.4 is 20.9 Å². The monoisotopic (exact) mass is 1010 g/mol. The van der Waals surface area contributed by atoms with Crippen molar-refractivity contribution in [3.63, 3.8) is 0 Å². The SMILES string of the molecule is C1=c2cc3ccccc3cc2=C(c2ccc3c4ccccc4c4ccccc4c3c2)C1.c1ccc2cc3c(cc2c1)=C(c1ccc2c4ccccc4c4ccccc4c2c1)CC=3c1ccc2c3ccccc3c3ccccc3c2c1. The maximum absolute atomic E-state index is 2.46. The van der Waals surface area contributed by atoms with Crippen molar-refractivity contribution in [2.24, 2.45) is 0 Å². The number of rotatable bonds is 3. The topological polar surface area (TPSA) is 0 Å². The van der Waals surface area contributed by atoms with Crippen LogP contribution in [0.4, 0.5) is 0 Å². The average Bonchev–Trinajstić information content (AvgIpc) is 4.19. The lowest BCUT2D eigenvalue weighted by Gasteiger charge is -2.14. The van der Waals surface area contributed by atoms with Crippen LogP contribution in [-0.4, -0.2) is 0 Å². The quantitative estimate of drug-likeness (QED) is 0.155. The van der Waals surface area contributed by atoms with Gasteiger partial charge in [-0.1, -0.05) is 237 Å². The molecule has 0 heteroatoms. The van der Waals surface area contributed by atoms with E-state index in [1.54, 1.807) is 0 Å². The van der Waals surface area contributed by atoms with Crippen LogP contribution in [0.5, 0.6) is 0 Å². The zero-order chi connectivity index (χ0) is 52.4. The molecule has 80 heavy (non-hydrogen) atoms. The van der Waals surface area contributed by atoms with Crippen LogP contribution in [-0.2, 0) is 0 Å². The van der Waals surface area contributed by atoms with Gasteiger partial charge in [0, 0.05) is 0 Å². The Morgan fingerprint density at radius 3 is 0.762 bits per heavy atom. The highest BCUT2D eigenvalue weighted by atomic mass is 14.2. The Labute approximate surface area is 462 Å². The summed E-state index contributed by atoms with van der Waals surface area (Å²) in [5, 5.41) is 34.4. The van der Waals surface area contributed by atoms with E-state index in [-0.39, 0.29) is 0 Å². The van der Waals surface area contributed by atoms with Gasteiger partial charge in [0.25, 0.3) is 0 Å². The Morgan fingerprint density at radius 2 is 0.438 bits per heavy atom. The average molecular weight is 1010 g/mol. The smallest absolute Gasteiger partial charge is 0.000154 e. The molecule has 0 heterocycles. The minimum absolute atomic E-state index is 0.889. The molecular weight excluding hydrogens is 961 g/mol. The van der Waals surface area contributed by atoms with Gasteiger partial charge in [-0.2, -0.15) is 0 Å². The van der Waals surface area contributed by atoms with E-state index in [0.29, 0.717) is 0 Å². The van der Waals surface area contributed by atoms with Gasteiger partial charge >= 0.3 is 0 Å². The van der Waals surface area contributed by atoms with Crippen molar-refractivity contribution in [2.45, 2.75) is 12.8 Å². The van der Waals surface area contributed by atoms with Crippen molar-refractivity contribution >= 4 is 141 Å².